The molecule has 1 aromatic carbocycles. The van der Waals surface area contributed by atoms with Crippen molar-refractivity contribution in [2.45, 2.75) is 51.5 Å². The summed E-state index contributed by atoms with van der Waals surface area (Å²) in [4.78, 5) is 0. The summed E-state index contributed by atoms with van der Waals surface area (Å²) >= 11 is 3.59. The normalized spacial score (nSPS) is 19.0. The number of likely N-dealkylation sites (N-methyl/N-ethyl adjacent to an activating group) is 1. The number of benzene rings is 1. The monoisotopic (exact) mass is 339 g/mol. The molecular formula is C17H26BrNO. The van der Waals surface area contributed by atoms with Gasteiger partial charge >= 0.3 is 0 Å². The van der Waals surface area contributed by atoms with E-state index in [4.69, 9.17) is 4.74 Å². The van der Waals surface area contributed by atoms with Crippen LogP contribution in [0.15, 0.2) is 22.7 Å². The Kier molecular flexibility index (Phi) is 5.50. The number of methoxy groups -OCH3 is 1. The van der Waals surface area contributed by atoms with Crippen molar-refractivity contribution in [3.8, 4) is 5.75 Å². The molecule has 0 amide bonds. The van der Waals surface area contributed by atoms with Crippen molar-refractivity contribution in [3.05, 3.63) is 28.2 Å². The fourth-order valence-corrected chi connectivity index (χ4v) is 4.31. The summed E-state index contributed by atoms with van der Waals surface area (Å²) in [6.45, 7) is 2.35. The number of hydrogen-bond acceptors (Lipinski definition) is 2. The van der Waals surface area contributed by atoms with E-state index in [-0.39, 0.29) is 0 Å². The molecule has 0 saturated heterocycles. The number of rotatable bonds is 6. The van der Waals surface area contributed by atoms with Crippen LogP contribution in [0.2, 0.25) is 0 Å². The first-order valence-electron chi connectivity index (χ1n) is 7.65. The first kappa shape index (κ1) is 15.8. The van der Waals surface area contributed by atoms with E-state index >= 15 is 0 Å². The Hall–Kier alpha value is -0.540. The van der Waals surface area contributed by atoms with Gasteiger partial charge < -0.3 is 10.1 Å². The molecule has 20 heavy (non-hydrogen) atoms. The molecule has 1 aromatic rings. The van der Waals surface area contributed by atoms with Crippen LogP contribution in [0.4, 0.5) is 0 Å². The molecule has 1 N–H and O–H groups in total. The lowest BCUT2D eigenvalue weighted by Gasteiger charge is -2.37. The van der Waals surface area contributed by atoms with Gasteiger partial charge in [-0.3, -0.25) is 0 Å². The maximum Gasteiger partial charge on any atom is 0.133 e. The molecule has 1 atom stereocenters. The second-order valence-corrected chi connectivity index (χ2v) is 6.79. The summed E-state index contributed by atoms with van der Waals surface area (Å²) in [6, 6.07) is 7.00. The standard InChI is InChI=1S/C17H26BrNO/c1-4-17(9-5-6-10-17)16(19-2)12-13-7-8-15(20-3)14(18)11-13/h7-8,11,16,19H,4-6,9-10,12H2,1-3H3. The third-order valence-electron chi connectivity index (χ3n) is 5.05. The van der Waals surface area contributed by atoms with Gasteiger partial charge in [-0.15, -0.1) is 0 Å². The van der Waals surface area contributed by atoms with Gasteiger partial charge in [0.05, 0.1) is 11.6 Å². The van der Waals surface area contributed by atoms with Crippen LogP contribution in [0.1, 0.15) is 44.6 Å². The van der Waals surface area contributed by atoms with Gasteiger partial charge in [0.2, 0.25) is 0 Å². The molecule has 0 bridgehead atoms. The van der Waals surface area contributed by atoms with Crippen LogP contribution in [-0.2, 0) is 6.42 Å². The van der Waals surface area contributed by atoms with Crippen LogP contribution >= 0.6 is 15.9 Å². The lowest BCUT2D eigenvalue weighted by molar-refractivity contribution is 0.192. The van der Waals surface area contributed by atoms with Crippen molar-refractivity contribution in [2.24, 2.45) is 5.41 Å². The molecule has 0 spiro atoms. The predicted octanol–water partition coefficient (Wildman–Crippen LogP) is 4.56. The van der Waals surface area contributed by atoms with E-state index in [9.17, 15) is 0 Å². The van der Waals surface area contributed by atoms with Crippen molar-refractivity contribution in [1.29, 1.82) is 0 Å². The minimum Gasteiger partial charge on any atom is -0.496 e. The van der Waals surface area contributed by atoms with E-state index in [1.807, 2.05) is 0 Å². The van der Waals surface area contributed by atoms with Crippen molar-refractivity contribution >= 4 is 15.9 Å². The highest BCUT2D eigenvalue weighted by molar-refractivity contribution is 9.10. The molecule has 2 rings (SSSR count). The first-order chi connectivity index (χ1) is 9.65. The third-order valence-corrected chi connectivity index (χ3v) is 5.67. The maximum absolute atomic E-state index is 5.31. The van der Waals surface area contributed by atoms with E-state index in [0.29, 0.717) is 11.5 Å². The highest BCUT2D eigenvalue weighted by Gasteiger charge is 2.38. The zero-order valence-corrected chi connectivity index (χ0v) is 14.4. The van der Waals surface area contributed by atoms with Crippen molar-refractivity contribution in [3.63, 3.8) is 0 Å². The minimum atomic E-state index is 0.487. The lowest BCUT2D eigenvalue weighted by atomic mass is 9.74. The van der Waals surface area contributed by atoms with Crippen LogP contribution in [0.25, 0.3) is 0 Å². The molecule has 2 nitrogen and oxygen atoms in total. The quantitative estimate of drug-likeness (QED) is 0.820. The second-order valence-electron chi connectivity index (χ2n) is 5.94. The van der Waals surface area contributed by atoms with Gasteiger partial charge in [-0.1, -0.05) is 25.8 Å². The molecule has 112 valence electrons. The van der Waals surface area contributed by atoms with Crippen molar-refractivity contribution in [1.82, 2.24) is 5.32 Å². The Morgan fingerprint density at radius 1 is 1.35 bits per heavy atom. The summed E-state index contributed by atoms with van der Waals surface area (Å²) < 4.78 is 6.36. The van der Waals surface area contributed by atoms with E-state index in [1.54, 1.807) is 7.11 Å². The Labute approximate surface area is 131 Å². The zero-order chi connectivity index (χ0) is 14.6. The smallest absolute Gasteiger partial charge is 0.133 e. The molecule has 3 heteroatoms. The molecule has 0 heterocycles. The van der Waals surface area contributed by atoms with Crippen molar-refractivity contribution in [2.75, 3.05) is 14.2 Å². The Morgan fingerprint density at radius 2 is 2.05 bits per heavy atom. The van der Waals surface area contributed by atoms with Gasteiger partial charge in [0, 0.05) is 6.04 Å². The summed E-state index contributed by atoms with van der Waals surface area (Å²) in [6.07, 6.45) is 7.87. The van der Waals surface area contributed by atoms with Crippen LogP contribution in [0.3, 0.4) is 0 Å². The topological polar surface area (TPSA) is 21.3 Å². The molecule has 0 aromatic heterocycles. The predicted molar refractivity (Wildman–Crippen MR) is 88.4 cm³/mol. The largest absolute Gasteiger partial charge is 0.496 e. The van der Waals surface area contributed by atoms with Gasteiger partial charge in [-0.05, 0) is 71.8 Å². The summed E-state index contributed by atoms with van der Waals surface area (Å²) in [5.41, 5.74) is 1.86. The van der Waals surface area contributed by atoms with Crippen LogP contribution in [-0.4, -0.2) is 20.2 Å². The third kappa shape index (κ3) is 3.20. The fourth-order valence-electron chi connectivity index (χ4n) is 3.72. The molecular weight excluding hydrogens is 314 g/mol. The number of halogens is 1. The number of nitrogens with one attached hydrogen (secondary N) is 1. The summed E-state index contributed by atoms with van der Waals surface area (Å²) in [5, 5.41) is 3.59. The van der Waals surface area contributed by atoms with E-state index < -0.39 is 0 Å². The average molecular weight is 340 g/mol. The van der Waals surface area contributed by atoms with Crippen LogP contribution in [0.5, 0.6) is 5.75 Å². The molecule has 1 saturated carbocycles. The molecule has 0 aliphatic heterocycles. The highest BCUT2D eigenvalue weighted by atomic mass is 79.9. The van der Waals surface area contributed by atoms with Gasteiger partial charge in [0.25, 0.3) is 0 Å². The van der Waals surface area contributed by atoms with Gasteiger partial charge in [0.15, 0.2) is 0 Å². The number of ether oxygens (including phenoxy) is 1. The maximum atomic E-state index is 5.31. The second kappa shape index (κ2) is 6.95. The van der Waals surface area contributed by atoms with Gasteiger partial charge in [-0.25, -0.2) is 0 Å². The van der Waals surface area contributed by atoms with Gasteiger partial charge in [0.1, 0.15) is 5.75 Å². The molecule has 1 unspecified atom stereocenters. The molecule has 1 fully saturated rings. The average Bonchev–Trinajstić information content (AvgIpc) is 2.95. The Bertz CT molecular complexity index is 441. The summed E-state index contributed by atoms with van der Waals surface area (Å²) in [5.74, 6) is 0.904. The van der Waals surface area contributed by atoms with E-state index in [1.165, 1.54) is 37.7 Å². The summed E-state index contributed by atoms with van der Waals surface area (Å²) in [7, 11) is 3.82. The molecule has 1 aliphatic rings. The lowest BCUT2D eigenvalue weighted by Crippen LogP contribution is -2.43. The first-order valence-corrected chi connectivity index (χ1v) is 8.44. The highest BCUT2D eigenvalue weighted by Crippen LogP contribution is 2.44. The Morgan fingerprint density at radius 3 is 2.55 bits per heavy atom. The van der Waals surface area contributed by atoms with Gasteiger partial charge in [-0.2, -0.15) is 0 Å². The minimum absolute atomic E-state index is 0.487. The van der Waals surface area contributed by atoms with Crippen LogP contribution in [0, 0.1) is 5.41 Å². The van der Waals surface area contributed by atoms with E-state index in [2.05, 4.69) is 53.4 Å². The number of hydrogen-bond donors (Lipinski definition) is 1. The fraction of sp³-hybridized carbons (Fsp3) is 0.647. The molecule has 0 radical (unpaired) electrons. The van der Waals surface area contributed by atoms with Crippen LogP contribution < -0.4 is 10.1 Å². The van der Waals surface area contributed by atoms with E-state index in [0.717, 1.165) is 16.6 Å². The SMILES string of the molecule is CCC1(C(Cc2ccc(OC)c(Br)c2)NC)CCCC1. The Balaban J connectivity index is 2.15. The zero-order valence-electron chi connectivity index (χ0n) is 12.8. The molecule has 1 aliphatic carbocycles. The van der Waals surface area contributed by atoms with Crippen molar-refractivity contribution < 1.29 is 4.74 Å².